The van der Waals surface area contributed by atoms with Crippen LogP contribution in [-0.4, -0.2) is 83.2 Å². The summed E-state index contributed by atoms with van der Waals surface area (Å²) in [6.45, 7) is 4.23. The smallest absolute Gasteiger partial charge is 0.224 e. The standard InChI is InChI=1S/C44H64N8O6S/c1-28(12-11-20-49-44(47)48)38(53)25-31(15-9-10-19-45)42(57)52-37(24-33-27-50-35-17-8-7-16-34(33)35)40(55)26-32(18-21-59-3)43(58)51-36(23-30-13-5-4-6-14-30)39(54)22-29(2)41(46)56/h4-8,13-14,16-17,27-29,31-32,36-37,50H,9-12,15,18-26,45H2,1-3H3,(H2,46,56)(H,51,58)(H,52,57)(H4,47,48,49)/t28-,29+,31+,32+,36-,37-/m0/s1. The third-order valence-electron chi connectivity index (χ3n) is 10.7. The minimum absolute atomic E-state index is 0.00216. The van der Waals surface area contributed by atoms with E-state index < -0.39 is 47.6 Å². The normalized spacial score (nSPS) is 14.3. The van der Waals surface area contributed by atoms with Gasteiger partial charge >= 0.3 is 0 Å². The maximum atomic E-state index is 14.5. The van der Waals surface area contributed by atoms with Crippen LogP contribution in [0.15, 0.2) is 65.8 Å². The molecule has 3 amide bonds. The number of fused-ring (bicyclic) bond motifs is 1. The van der Waals surface area contributed by atoms with Gasteiger partial charge in [-0.05, 0) is 74.3 Å². The van der Waals surface area contributed by atoms with Crippen LogP contribution >= 0.6 is 11.8 Å². The van der Waals surface area contributed by atoms with Crippen molar-refractivity contribution in [3.8, 4) is 0 Å². The number of guanidine groups is 1. The monoisotopic (exact) mass is 832 g/mol. The number of hydrogen-bond donors (Lipinski definition) is 7. The number of para-hydroxylation sites is 1. The Morgan fingerprint density at radius 2 is 1.32 bits per heavy atom. The van der Waals surface area contributed by atoms with Crippen LogP contribution < -0.4 is 33.6 Å². The summed E-state index contributed by atoms with van der Waals surface area (Å²) in [6, 6.07) is 14.9. The maximum absolute atomic E-state index is 14.5. The Bertz CT molecular complexity index is 1860. The zero-order valence-corrected chi connectivity index (χ0v) is 35.6. The van der Waals surface area contributed by atoms with Gasteiger partial charge in [-0.15, -0.1) is 0 Å². The Labute approximate surface area is 352 Å². The summed E-state index contributed by atoms with van der Waals surface area (Å²) in [5.74, 6) is -4.28. The van der Waals surface area contributed by atoms with Crippen LogP contribution in [0.5, 0.6) is 0 Å². The second-order valence-corrected chi connectivity index (χ2v) is 16.5. The van der Waals surface area contributed by atoms with Crippen molar-refractivity contribution in [3.63, 3.8) is 0 Å². The van der Waals surface area contributed by atoms with Crippen molar-refractivity contribution >= 4 is 63.7 Å². The van der Waals surface area contributed by atoms with E-state index in [1.165, 1.54) is 11.8 Å². The van der Waals surface area contributed by atoms with Crippen molar-refractivity contribution in [2.24, 2.45) is 51.6 Å². The molecule has 0 aliphatic carbocycles. The number of benzene rings is 2. The fraction of sp³-hybridized carbons (Fsp3) is 0.523. The highest BCUT2D eigenvalue weighted by molar-refractivity contribution is 7.98. The highest BCUT2D eigenvalue weighted by atomic mass is 32.2. The fourth-order valence-corrected chi connectivity index (χ4v) is 7.55. The lowest BCUT2D eigenvalue weighted by Gasteiger charge is -2.26. The number of hydrogen-bond acceptors (Lipinski definition) is 9. The second-order valence-electron chi connectivity index (χ2n) is 15.5. The molecule has 0 aliphatic rings. The summed E-state index contributed by atoms with van der Waals surface area (Å²) < 4.78 is 0. The summed E-state index contributed by atoms with van der Waals surface area (Å²) in [5.41, 5.74) is 24.6. The van der Waals surface area contributed by atoms with Gasteiger partial charge in [-0.3, -0.25) is 33.8 Å². The molecule has 0 aliphatic heterocycles. The highest BCUT2D eigenvalue weighted by Gasteiger charge is 2.33. The molecule has 59 heavy (non-hydrogen) atoms. The average Bonchev–Trinajstić information content (AvgIpc) is 3.62. The Morgan fingerprint density at radius 3 is 1.97 bits per heavy atom. The Hall–Kier alpha value is -5.02. The van der Waals surface area contributed by atoms with Gasteiger partial charge in [-0.2, -0.15) is 11.8 Å². The van der Waals surface area contributed by atoms with Crippen LogP contribution in [0.25, 0.3) is 10.9 Å². The summed E-state index contributed by atoms with van der Waals surface area (Å²) in [6.07, 6.45) is 6.91. The van der Waals surface area contributed by atoms with Crippen molar-refractivity contribution in [1.82, 2.24) is 15.6 Å². The van der Waals surface area contributed by atoms with E-state index in [1.807, 2.05) is 74.0 Å². The third kappa shape index (κ3) is 16.6. The van der Waals surface area contributed by atoms with Crippen molar-refractivity contribution in [2.45, 2.75) is 96.6 Å². The van der Waals surface area contributed by atoms with Gasteiger partial charge in [0, 0.05) is 73.0 Å². The first-order valence-electron chi connectivity index (χ1n) is 20.5. The number of amides is 3. The number of H-pyrrole nitrogens is 1. The number of aromatic amines is 1. The van der Waals surface area contributed by atoms with Crippen LogP contribution in [0.2, 0.25) is 0 Å². The largest absolute Gasteiger partial charge is 0.370 e. The van der Waals surface area contributed by atoms with E-state index in [-0.39, 0.29) is 61.3 Å². The van der Waals surface area contributed by atoms with Gasteiger partial charge in [0.25, 0.3) is 0 Å². The minimum atomic E-state index is -1.02. The molecule has 0 saturated carbocycles. The van der Waals surface area contributed by atoms with E-state index in [0.717, 1.165) is 22.0 Å². The molecule has 0 spiro atoms. The number of nitrogens with two attached hydrogens (primary N) is 4. The SMILES string of the molecule is CSCC[C@H](CC(=O)[C@H](Cc1c[nH]c2ccccc12)NC(=O)[C@H](CCCCN)CC(=O)[C@@H](C)CCCN=C(N)N)C(=O)N[C@@H](Cc1ccccc1)C(=O)C[C@@H](C)C(N)=O. The van der Waals surface area contributed by atoms with Crippen molar-refractivity contribution < 1.29 is 28.8 Å². The molecular formula is C44H64N8O6S. The zero-order valence-electron chi connectivity index (χ0n) is 34.8. The molecule has 6 atom stereocenters. The predicted octanol–water partition coefficient (Wildman–Crippen LogP) is 3.73. The number of thioether (sulfide) groups is 1. The quantitative estimate of drug-likeness (QED) is 0.0303. The van der Waals surface area contributed by atoms with Crippen LogP contribution in [0.3, 0.4) is 0 Å². The Balaban J connectivity index is 1.90. The fourth-order valence-electron chi connectivity index (χ4n) is 7.03. The first-order valence-corrected chi connectivity index (χ1v) is 21.9. The number of primary amides is 1. The van der Waals surface area contributed by atoms with Crippen LogP contribution in [0, 0.1) is 23.7 Å². The number of aromatic nitrogens is 1. The van der Waals surface area contributed by atoms with E-state index in [4.69, 9.17) is 22.9 Å². The summed E-state index contributed by atoms with van der Waals surface area (Å²) in [5, 5.41) is 6.82. The number of carbonyl (C=O) groups excluding carboxylic acids is 6. The molecule has 11 N–H and O–H groups in total. The molecular weight excluding hydrogens is 769 g/mol. The Kier molecular flexibility index (Phi) is 20.9. The molecule has 2 aromatic carbocycles. The first-order chi connectivity index (χ1) is 28.2. The van der Waals surface area contributed by atoms with Crippen LogP contribution in [-0.2, 0) is 41.6 Å². The molecule has 1 heterocycles. The highest BCUT2D eigenvalue weighted by Crippen LogP contribution is 2.24. The summed E-state index contributed by atoms with van der Waals surface area (Å²) in [4.78, 5) is 88.9. The van der Waals surface area contributed by atoms with E-state index in [0.29, 0.717) is 57.4 Å². The van der Waals surface area contributed by atoms with Crippen molar-refractivity contribution in [1.29, 1.82) is 0 Å². The van der Waals surface area contributed by atoms with Gasteiger partial charge in [0.05, 0.1) is 12.1 Å². The molecule has 0 saturated heterocycles. The number of aliphatic imine (C=N–C) groups is 1. The molecule has 0 fully saturated rings. The third-order valence-corrected chi connectivity index (χ3v) is 11.4. The number of carbonyl (C=O) groups is 6. The molecule has 1 aromatic heterocycles. The van der Waals surface area contributed by atoms with E-state index in [2.05, 4.69) is 20.6 Å². The number of ketones is 3. The van der Waals surface area contributed by atoms with Gasteiger partial charge < -0.3 is 38.6 Å². The molecule has 0 bridgehead atoms. The minimum Gasteiger partial charge on any atom is -0.370 e. The number of nitrogens with one attached hydrogen (secondary N) is 3. The number of unbranched alkanes of at least 4 members (excludes halogenated alkanes) is 1. The molecule has 14 nitrogen and oxygen atoms in total. The van der Waals surface area contributed by atoms with Crippen LogP contribution in [0.1, 0.15) is 82.8 Å². The van der Waals surface area contributed by atoms with Gasteiger partial charge in [0.1, 0.15) is 5.78 Å². The van der Waals surface area contributed by atoms with E-state index in [1.54, 1.807) is 6.92 Å². The molecule has 15 heteroatoms. The van der Waals surface area contributed by atoms with Crippen molar-refractivity contribution in [2.75, 3.05) is 25.1 Å². The lowest BCUT2D eigenvalue weighted by Crippen LogP contribution is -2.48. The van der Waals surface area contributed by atoms with Gasteiger partial charge in [-0.25, -0.2) is 0 Å². The molecule has 0 radical (unpaired) electrons. The zero-order chi connectivity index (χ0) is 43.3. The molecule has 3 rings (SSSR count). The van der Waals surface area contributed by atoms with Gasteiger partial charge in [0.2, 0.25) is 17.7 Å². The number of nitrogens with zero attached hydrogens (tertiary/aromatic N) is 1. The maximum Gasteiger partial charge on any atom is 0.224 e. The molecule has 322 valence electrons. The van der Waals surface area contributed by atoms with E-state index >= 15 is 0 Å². The van der Waals surface area contributed by atoms with Gasteiger partial charge in [0.15, 0.2) is 17.5 Å². The summed E-state index contributed by atoms with van der Waals surface area (Å²) in [7, 11) is 0. The Morgan fingerprint density at radius 1 is 0.712 bits per heavy atom. The lowest BCUT2D eigenvalue weighted by molar-refractivity contribution is -0.135. The second kappa shape index (κ2) is 25.5. The van der Waals surface area contributed by atoms with Gasteiger partial charge in [-0.1, -0.05) is 68.8 Å². The van der Waals surface area contributed by atoms with Crippen molar-refractivity contribution in [3.05, 3.63) is 71.9 Å². The topological polar surface area (TPSA) is 259 Å². The van der Waals surface area contributed by atoms with Crippen LogP contribution in [0.4, 0.5) is 0 Å². The predicted molar refractivity (Wildman–Crippen MR) is 235 cm³/mol. The summed E-state index contributed by atoms with van der Waals surface area (Å²) >= 11 is 1.52. The molecule has 0 unspecified atom stereocenters. The molecule has 3 aromatic rings. The first kappa shape index (κ1) is 48.3. The number of rotatable bonds is 29. The lowest BCUT2D eigenvalue weighted by atomic mass is 9.88. The van der Waals surface area contributed by atoms with E-state index in [9.17, 15) is 28.8 Å². The number of Topliss-reactive ketones (excluding diaryl/α,β-unsaturated/α-hetero) is 3. The average molecular weight is 833 g/mol.